The highest BCUT2D eigenvalue weighted by Crippen LogP contribution is 2.39. The van der Waals surface area contributed by atoms with E-state index in [1.807, 2.05) is 0 Å². The van der Waals surface area contributed by atoms with E-state index in [4.69, 9.17) is 0 Å². The summed E-state index contributed by atoms with van der Waals surface area (Å²) in [4.78, 5) is 2.36. The Hall–Kier alpha value is -8.55. The molecule has 0 spiro atoms. The molecule has 0 aliphatic carbocycles. The van der Waals surface area contributed by atoms with Crippen molar-refractivity contribution in [2.75, 3.05) is 4.90 Å². The van der Waals surface area contributed by atoms with Crippen LogP contribution < -0.4 is 30.8 Å². The molecule has 350 valence electrons. The molecule has 0 saturated heterocycles. The molecule has 0 N–H and O–H groups in total. The smallest absolute Gasteiger partial charge is 0.179 e. The summed E-state index contributed by atoms with van der Waals surface area (Å²) in [5, 5.41) is 9.48. The summed E-state index contributed by atoms with van der Waals surface area (Å²) < 4.78 is 2.44. The maximum Gasteiger partial charge on any atom is 0.179 e. The van der Waals surface area contributed by atoms with Crippen LogP contribution in [0.25, 0.3) is 60.9 Å². The number of anilines is 3. The minimum Gasteiger partial charge on any atom is -0.311 e. The molecule has 4 heteroatoms. The fourth-order valence-corrected chi connectivity index (χ4v) is 16.9. The van der Waals surface area contributed by atoms with Crippen molar-refractivity contribution in [2.45, 2.75) is 19.6 Å². The summed E-state index contributed by atoms with van der Waals surface area (Å²) in [6.07, 6.45) is 0. The van der Waals surface area contributed by atoms with Gasteiger partial charge in [0.2, 0.25) is 0 Å². The van der Waals surface area contributed by atoms with Gasteiger partial charge in [0.25, 0.3) is 0 Å². The van der Waals surface area contributed by atoms with E-state index in [1.54, 1.807) is 0 Å². The fraction of sp³-hybridized carbons (Fsp3) is 0.0435. The van der Waals surface area contributed by atoms with Crippen LogP contribution in [-0.4, -0.2) is 20.7 Å². The molecule has 0 amide bonds. The van der Waals surface area contributed by atoms with Gasteiger partial charge in [0.15, 0.2) is 8.07 Å². The van der Waals surface area contributed by atoms with E-state index in [1.165, 1.54) is 81.1 Å². The van der Waals surface area contributed by atoms with Gasteiger partial charge in [-0.25, -0.2) is 0 Å². The zero-order valence-corrected chi connectivity index (χ0v) is 43.5. The first-order chi connectivity index (χ1) is 35.8. The number of benzene rings is 11. The maximum atomic E-state index is 2.51. The molecular formula is C69H56N2Si2. The van der Waals surface area contributed by atoms with E-state index in [-0.39, 0.29) is 0 Å². The van der Waals surface area contributed by atoms with Gasteiger partial charge in [0.05, 0.1) is 19.1 Å². The molecule has 12 aromatic rings. The third-order valence-electron chi connectivity index (χ3n) is 14.8. The molecule has 1 heterocycles. The predicted octanol–water partition coefficient (Wildman–Crippen LogP) is 15.2. The molecule has 0 aliphatic rings. The Morgan fingerprint density at radius 2 is 0.616 bits per heavy atom. The van der Waals surface area contributed by atoms with Crippen molar-refractivity contribution in [3.05, 3.63) is 285 Å². The van der Waals surface area contributed by atoms with Crippen LogP contribution in [0.3, 0.4) is 0 Å². The van der Waals surface area contributed by atoms with Gasteiger partial charge in [0, 0.05) is 33.5 Å². The lowest BCUT2D eigenvalue weighted by Gasteiger charge is -2.34. The monoisotopic (exact) mass is 968 g/mol. The van der Waals surface area contributed by atoms with Gasteiger partial charge in [-0.15, -0.1) is 0 Å². The molecule has 0 aliphatic heterocycles. The minimum atomic E-state index is -2.72. The molecular weight excluding hydrogens is 913 g/mol. The molecule has 0 radical (unpaired) electrons. The highest BCUT2D eigenvalue weighted by atomic mass is 28.3. The SMILES string of the molecule is C[Si](C)(C)c1ccc(-c2ccc(N(c3ccc(-c4ccccc4)cc3)c3ccc(-c4ccc(-n5c6ccccc6c6cc([Si](c7ccccc7)(c7ccccc7)c7ccccc7)ccc65)cc4)cc3)cc2)cc1. The molecule has 0 fully saturated rings. The standard InChI is InChI=1S/C69H56N2Si2/c1-72(2,3)61-46-36-56(37-47-61)55-32-42-59(43-33-55)70(57-38-28-52(29-39-57)51-18-8-4-9-19-51)58-40-30-53(31-41-58)54-34-44-60(45-35-54)71-68-27-17-16-26-66(68)67-50-65(48-49-69(67)71)73(62-20-10-5-11-21-62,63-22-12-6-13-23-63)64-24-14-7-15-25-64/h4-50H,1-3H3. The fourth-order valence-electron chi connectivity index (χ4n) is 11.0. The first kappa shape index (κ1) is 45.6. The lowest BCUT2D eigenvalue weighted by molar-refractivity contribution is 1.18. The van der Waals surface area contributed by atoms with Crippen molar-refractivity contribution in [2.24, 2.45) is 0 Å². The number of aromatic nitrogens is 1. The predicted molar refractivity (Wildman–Crippen MR) is 318 cm³/mol. The second-order valence-corrected chi connectivity index (χ2v) is 29.0. The van der Waals surface area contributed by atoms with Crippen molar-refractivity contribution in [3.8, 4) is 39.1 Å². The Morgan fingerprint density at radius 1 is 0.274 bits per heavy atom. The zero-order chi connectivity index (χ0) is 49.4. The van der Waals surface area contributed by atoms with Crippen LogP contribution in [0.1, 0.15) is 0 Å². The zero-order valence-electron chi connectivity index (χ0n) is 41.5. The number of rotatable bonds is 12. The second-order valence-electron chi connectivity index (χ2n) is 20.1. The van der Waals surface area contributed by atoms with Crippen molar-refractivity contribution in [1.82, 2.24) is 4.57 Å². The Labute approximate surface area is 431 Å². The average molecular weight is 969 g/mol. The van der Waals surface area contributed by atoms with Crippen LogP contribution in [0, 0.1) is 0 Å². The lowest BCUT2D eigenvalue weighted by Crippen LogP contribution is -2.74. The summed E-state index contributed by atoms with van der Waals surface area (Å²) in [7, 11) is -4.10. The lowest BCUT2D eigenvalue weighted by atomic mass is 10.0. The van der Waals surface area contributed by atoms with E-state index in [9.17, 15) is 0 Å². The normalized spacial score (nSPS) is 11.8. The molecule has 11 aromatic carbocycles. The number of para-hydroxylation sites is 1. The van der Waals surface area contributed by atoms with Crippen molar-refractivity contribution in [1.29, 1.82) is 0 Å². The van der Waals surface area contributed by atoms with Gasteiger partial charge >= 0.3 is 0 Å². The van der Waals surface area contributed by atoms with Gasteiger partial charge in [-0.3, -0.25) is 0 Å². The number of hydrogen-bond donors (Lipinski definition) is 0. The quantitative estimate of drug-likeness (QED) is 0.0875. The Balaban J connectivity index is 0.892. The van der Waals surface area contributed by atoms with Gasteiger partial charge in [-0.2, -0.15) is 0 Å². The van der Waals surface area contributed by atoms with E-state index >= 15 is 0 Å². The molecule has 73 heavy (non-hydrogen) atoms. The van der Waals surface area contributed by atoms with Gasteiger partial charge in [-0.1, -0.05) is 249 Å². The van der Waals surface area contributed by atoms with Gasteiger partial charge < -0.3 is 9.47 Å². The summed E-state index contributed by atoms with van der Waals surface area (Å²) >= 11 is 0. The van der Waals surface area contributed by atoms with Crippen LogP contribution in [0.4, 0.5) is 17.1 Å². The molecule has 2 nitrogen and oxygen atoms in total. The molecule has 0 bridgehead atoms. The average Bonchev–Trinajstić information content (AvgIpc) is 3.79. The van der Waals surface area contributed by atoms with E-state index in [2.05, 4.69) is 314 Å². The van der Waals surface area contributed by atoms with Crippen molar-refractivity contribution < 1.29 is 0 Å². The van der Waals surface area contributed by atoms with Crippen LogP contribution in [0.15, 0.2) is 285 Å². The number of hydrogen-bond acceptors (Lipinski definition) is 1. The number of nitrogens with zero attached hydrogens (tertiary/aromatic N) is 2. The van der Waals surface area contributed by atoms with Crippen molar-refractivity contribution in [3.63, 3.8) is 0 Å². The van der Waals surface area contributed by atoms with Crippen LogP contribution in [0.2, 0.25) is 19.6 Å². The minimum absolute atomic E-state index is 1.10. The highest BCUT2D eigenvalue weighted by Gasteiger charge is 2.41. The Bertz CT molecular complexity index is 3710. The Morgan fingerprint density at radius 3 is 1.05 bits per heavy atom. The van der Waals surface area contributed by atoms with Crippen molar-refractivity contribution >= 4 is 80.9 Å². The van der Waals surface area contributed by atoms with Gasteiger partial charge in [0.1, 0.15) is 0 Å². The molecule has 0 saturated carbocycles. The van der Waals surface area contributed by atoms with Crippen LogP contribution in [-0.2, 0) is 0 Å². The molecule has 1 aromatic heterocycles. The summed E-state index contributed by atoms with van der Waals surface area (Å²) in [6, 6.07) is 106. The van der Waals surface area contributed by atoms with E-state index < -0.39 is 16.1 Å². The first-order valence-corrected chi connectivity index (χ1v) is 30.9. The summed E-state index contributed by atoms with van der Waals surface area (Å²) in [5.74, 6) is 0. The highest BCUT2D eigenvalue weighted by molar-refractivity contribution is 7.20. The first-order valence-electron chi connectivity index (χ1n) is 25.4. The Kier molecular flexibility index (Phi) is 12.0. The second kappa shape index (κ2) is 19.2. The van der Waals surface area contributed by atoms with E-state index in [0.29, 0.717) is 0 Å². The topological polar surface area (TPSA) is 8.17 Å². The summed E-state index contributed by atoms with van der Waals surface area (Å²) in [5.41, 5.74) is 14.1. The molecule has 0 atom stereocenters. The third-order valence-corrected chi connectivity index (χ3v) is 21.6. The van der Waals surface area contributed by atoms with Gasteiger partial charge in [-0.05, 0) is 115 Å². The molecule has 0 unspecified atom stereocenters. The summed E-state index contributed by atoms with van der Waals surface area (Å²) in [6.45, 7) is 7.20. The van der Waals surface area contributed by atoms with Crippen LogP contribution >= 0.6 is 0 Å². The largest absolute Gasteiger partial charge is 0.311 e. The number of fused-ring (bicyclic) bond motifs is 3. The van der Waals surface area contributed by atoms with E-state index in [0.717, 1.165) is 22.7 Å². The maximum absolute atomic E-state index is 2.72. The van der Waals surface area contributed by atoms with Crippen LogP contribution in [0.5, 0.6) is 0 Å². The molecule has 12 rings (SSSR count). The third kappa shape index (κ3) is 8.55.